The van der Waals surface area contributed by atoms with Gasteiger partial charge in [0.15, 0.2) is 0 Å². The van der Waals surface area contributed by atoms with E-state index in [1.165, 1.54) is 12.3 Å². The van der Waals surface area contributed by atoms with E-state index in [0.717, 1.165) is 5.69 Å². The number of rotatable bonds is 5. The number of ether oxygens (including phenoxy) is 1. The summed E-state index contributed by atoms with van der Waals surface area (Å²) in [6.45, 7) is 0.612. The quantitative estimate of drug-likeness (QED) is 0.920. The Morgan fingerprint density at radius 1 is 1.23 bits per heavy atom. The maximum Gasteiger partial charge on any atom is 0.387 e. The molecule has 22 heavy (non-hydrogen) atoms. The number of para-hydroxylation sites is 1. The molecule has 2 aromatic rings. The number of halogens is 2. The van der Waals surface area contributed by atoms with Gasteiger partial charge in [-0.2, -0.15) is 8.78 Å². The highest BCUT2D eigenvalue weighted by atomic mass is 19.3. The van der Waals surface area contributed by atoms with Crippen molar-refractivity contribution >= 4 is 5.91 Å². The average Bonchev–Trinajstić information content (AvgIpc) is 2.47. The van der Waals surface area contributed by atoms with Gasteiger partial charge in [0.05, 0.1) is 11.6 Å². The number of carbonyl (C=O) groups excluding carboxylic acids is 1. The van der Waals surface area contributed by atoms with Gasteiger partial charge in [0.2, 0.25) is 0 Å². The molecule has 0 unspecified atom stereocenters. The summed E-state index contributed by atoms with van der Waals surface area (Å²) >= 11 is 0. The molecule has 2 rings (SSSR count). The van der Waals surface area contributed by atoms with E-state index in [-0.39, 0.29) is 11.7 Å². The fourth-order valence-electron chi connectivity index (χ4n) is 2.00. The molecule has 0 fully saturated rings. The number of nitrogens with zero attached hydrogens (tertiary/aromatic N) is 1. The summed E-state index contributed by atoms with van der Waals surface area (Å²) in [5.74, 6) is -0.279. The molecule has 0 aliphatic heterocycles. The first-order chi connectivity index (χ1) is 10.5. The number of amides is 1. The Kier molecular flexibility index (Phi) is 5.04. The fourth-order valence-corrected chi connectivity index (χ4v) is 2.00. The van der Waals surface area contributed by atoms with Gasteiger partial charge in [-0.25, -0.2) is 0 Å². The first kappa shape index (κ1) is 15.9. The van der Waals surface area contributed by atoms with Gasteiger partial charge in [-0.15, -0.1) is 0 Å². The summed E-state index contributed by atoms with van der Waals surface area (Å²) in [5, 5.41) is 2.74. The molecule has 1 N–H and O–H groups in total. The zero-order chi connectivity index (χ0) is 16.1. The number of carbonyl (C=O) groups is 1. The molecule has 0 aliphatic carbocycles. The molecular formula is C16H16F2N2O2. The third-order valence-corrected chi connectivity index (χ3v) is 3.12. The van der Waals surface area contributed by atoms with Gasteiger partial charge in [-0.1, -0.05) is 18.2 Å². The third-order valence-electron chi connectivity index (χ3n) is 3.12. The van der Waals surface area contributed by atoms with Crippen LogP contribution in [0.4, 0.5) is 8.78 Å². The lowest BCUT2D eigenvalue weighted by atomic mass is 10.1. The molecule has 0 saturated heterocycles. The van der Waals surface area contributed by atoms with Crippen molar-refractivity contribution < 1.29 is 18.3 Å². The monoisotopic (exact) mass is 306 g/mol. The lowest BCUT2D eigenvalue weighted by Gasteiger charge is -2.18. The Morgan fingerprint density at radius 2 is 1.95 bits per heavy atom. The molecule has 1 aromatic carbocycles. The highest BCUT2D eigenvalue weighted by Gasteiger charge is 2.17. The topological polar surface area (TPSA) is 51.2 Å². The van der Waals surface area contributed by atoms with Crippen molar-refractivity contribution in [3.8, 4) is 5.75 Å². The van der Waals surface area contributed by atoms with E-state index < -0.39 is 12.7 Å². The maximum atomic E-state index is 12.4. The summed E-state index contributed by atoms with van der Waals surface area (Å²) in [7, 11) is 0. The molecule has 0 saturated carbocycles. The fraction of sp³-hybridized carbons (Fsp3) is 0.250. The van der Waals surface area contributed by atoms with Gasteiger partial charge in [-0.05, 0) is 32.0 Å². The van der Waals surface area contributed by atoms with E-state index in [0.29, 0.717) is 11.1 Å². The Hall–Kier alpha value is -2.50. The number of aryl methyl sites for hydroxylation is 1. The predicted octanol–water partition coefficient (Wildman–Crippen LogP) is 3.48. The summed E-state index contributed by atoms with van der Waals surface area (Å²) in [6.07, 6.45) is 1.47. The lowest BCUT2D eigenvalue weighted by Crippen LogP contribution is -2.27. The molecule has 1 amide bonds. The molecule has 1 heterocycles. The molecule has 0 radical (unpaired) electrons. The molecule has 4 nitrogen and oxygen atoms in total. The Bertz CT molecular complexity index is 645. The Labute approximate surface area is 127 Å². The highest BCUT2D eigenvalue weighted by Crippen LogP contribution is 2.26. The van der Waals surface area contributed by atoms with E-state index in [1.807, 2.05) is 6.92 Å². The second-order valence-corrected chi connectivity index (χ2v) is 4.80. The smallest absolute Gasteiger partial charge is 0.387 e. The number of alkyl halides is 2. The van der Waals surface area contributed by atoms with Crippen molar-refractivity contribution in [2.24, 2.45) is 0 Å². The predicted molar refractivity (Wildman–Crippen MR) is 77.9 cm³/mol. The summed E-state index contributed by atoms with van der Waals surface area (Å²) in [5.41, 5.74) is 1.70. The van der Waals surface area contributed by atoms with Gasteiger partial charge in [0.1, 0.15) is 5.75 Å². The molecule has 6 heteroatoms. The van der Waals surface area contributed by atoms with Crippen molar-refractivity contribution in [3.63, 3.8) is 0 Å². The normalized spacial score (nSPS) is 12.0. The minimum Gasteiger partial charge on any atom is -0.434 e. The van der Waals surface area contributed by atoms with Crippen LogP contribution in [0.2, 0.25) is 0 Å². The standard InChI is InChI=1S/C16H16F2N2O2/c1-10-7-8-12(9-19-10)15(21)20-11(2)13-5-3-4-6-14(13)22-16(17)18/h3-9,11,16H,1-2H3,(H,20,21)/t11-/m1/s1. The first-order valence-electron chi connectivity index (χ1n) is 6.74. The van der Waals surface area contributed by atoms with Crippen LogP contribution in [0.5, 0.6) is 5.75 Å². The Balaban J connectivity index is 2.13. The van der Waals surface area contributed by atoms with Crippen molar-refractivity contribution in [1.29, 1.82) is 0 Å². The van der Waals surface area contributed by atoms with E-state index in [4.69, 9.17) is 0 Å². The molecule has 0 spiro atoms. The van der Waals surface area contributed by atoms with Gasteiger partial charge in [0.25, 0.3) is 5.91 Å². The summed E-state index contributed by atoms with van der Waals surface area (Å²) in [4.78, 5) is 16.2. The summed E-state index contributed by atoms with van der Waals surface area (Å²) in [6, 6.07) is 9.28. The number of nitrogens with one attached hydrogen (secondary N) is 1. The van der Waals surface area contributed by atoms with Gasteiger partial charge in [0, 0.05) is 17.5 Å². The number of benzene rings is 1. The zero-order valence-electron chi connectivity index (χ0n) is 12.2. The number of hydrogen-bond acceptors (Lipinski definition) is 3. The second-order valence-electron chi connectivity index (χ2n) is 4.80. The van der Waals surface area contributed by atoms with Crippen LogP contribution < -0.4 is 10.1 Å². The molecule has 1 aromatic heterocycles. The number of aromatic nitrogens is 1. The van der Waals surface area contributed by atoms with E-state index in [2.05, 4.69) is 15.0 Å². The lowest BCUT2D eigenvalue weighted by molar-refractivity contribution is -0.0506. The Morgan fingerprint density at radius 3 is 2.59 bits per heavy atom. The van der Waals surface area contributed by atoms with Crippen LogP contribution in [0.25, 0.3) is 0 Å². The second kappa shape index (κ2) is 6.98. The molecule has 1 atom stereocenters. The van der Waals surface area contributed by atoms with Crippen LogP contribution in [0.15, 0.2) is 42.6 Å². The van der Waals surface area contributed by atoms with Gasteiger partial charge < -0.3 is 10.1 Å². The zero-order valence-corrected chi connectivity index (χ0v) is 12.2. The maximum absolute atomic E-state index is 12.4. The average molecular weight is 306 g/mol. The summed E-state index contributed by atoms with van der Waals surface area (Å²) < 4.78 is 29.3. The largest absolute Gasteiger partial charge is 0.434 e. The first-order valence-corrected chi connectivity index (χ1v) is 6.74. The van der Waals surface area contributed by atoms with Crippen molar-refractivity contribution in [3.05, 3.63) is 59.4 Å². The number of hydrogen-bond donors (Lipinski definition) is 1. The molecular weight excluding hydrogens is 290 g/mol. The minimum atomic E-state index is -2.91. The van der Waals surface area contributed by atoms with Gasteiger partial charge in [-0.3, -0.25) is 9.78 Å². The van der Waals surface area contributed by atoms with Crippen LogP contribution in [0.1, 0.15) is 34.6 Å². The van der Waals surface area contributed by atoms with Gasteiger partial charge >= 0.3 is 6.61 Å². The molecule has 116 valence electrons. The SMILES string of the molecule is Cc1ccc(C(=O)N[C@H](C)c2ccccc2OC(F)F)cn1. The van der Waals surface area contributed by atoms with Crippen molar-refractivity contribution in [1.82, 2.24) is 10.3 Å². The van der Waals surface area contributed by atoms with Crippen LogP contribution in [-0.4, -0.2) is 17.5 Å². The van der Waals surface area contributed by atoms with E-state index in [9.17, 15) is 13.6 Å². The van der Waals surface area contributed by atoms with Crippen LogP contribution in [0.3, 0.4) is 0 Å². The third kappa shape index (κ3) is 4.00. The van der Waals surface area contributed by atoms with Crippen LogP contribution in [-0.2, 0) is 0 Å². The van der Waals surface area contributed by atoms with Crippen molar-refractivity contribution in [2.45, 2.75) is 26.5 Å². The van der Waals surface area contributed by atoms with Crippen LogP contribution >= 0.6 is 0 Å². The molecule has 0 aliphatic rings. The van der Waals surface area contributed by atoms with E-state index >= 15 is 0 Å². The van der Waals surface area contributed by atoms with Crippen LogP contribution in [0, 0.1) is 6.92 Å². The number of pyridine rings is 1. The minimum absolute atomic E-state index is 0.0485. The van der Waals surface area contributed by atoms with E-state index in [1.54, 1.807) is 37.3 Å². The molecule has 0 bridgehead atoms. The van der Waals surface area contributed by atoms with Crippen molar-refractivity contribution in [2.75, 3.05) is 0 Å². The highest BCUT2D eigenvalue weighted by molar-refractivity contribution is 5.94.